The Bertz CT molecular complexity index is 742. The fraction of sp³-hybridized carbons (Fsp3) is 0.278. The highest BCUT2D eigenvalue weighted by atomic mass is 16.5. The number of ether oxygens (including phenoxy) is 1. The zero-order valence-electron chi connectivity index (χ0n) is 13.4. The van der Waals surface area contributed by atoms with Gasteiger partial charge in [0.1, 0.15) is 11.2 Å². The average molecular weight is 325 g/mol. The van der Waals surface area contributed by atoms with Crippen LogP contribution in [-0.4, -0.2) is 23.9 Å². The second-order valence-electron chi connectivity index (χ2n) is 5.77. The first-order valence-electron chi connectivity index (χ1n) is 7.77. The number of hydrogen-bond donors (Lipinski definition) is 2. The van der Waals surface area contributed by atoms with E-state index >= 15 is 0 Å². The van der Waals surface area contributed by atoms with Gasteiger partial charge in [-0.05, 0) is 42.7 Å². The quantitative estimate of drug-likeness (QED) is 0.797. The number of benzene rings is 1. The van der Waals surface area contributed by atoms with Crippen LogP contribution >= 0.6 is 0 Å². The molecule has 24 heavy (non-hydrogen) atoms. The normalized spacial score (nSPS) is 14.5. The van der Waals surface area contributed by atoms with Crippen LogP contribution in [0.5, 0.6) is 5.75 Å². The van der Waals surface area contributed by atoms with Gasteiger partial charge in [-0.1, -0.05) is 12.1 Å². The molecule has 2 N–H and O–H groups in total. The second kappa shape index (κ2) is 6.70. The summed E-state index contributed by atoms with van der Waals surface area (Å²) in [5.74, 6) is 0.0322. The SMILES string of the molecule is COc1ccccc1NC(=O)C1(C(=O)NCc2ccncc2)CC1. The van der Waals surface area contributed by atoms with Crippen molar-refractivity contribution in [3.63, 3.8) is 0 Å². The number of anilines is 1. The lowest BCUT2D eigenvalue weighted by atomic mass is 10.0. The van der Waals surface area contributed by atoms with Gasteiger partial charge >= 0.3 is 0 Å². The maximum Gasteiger partial charge on any atom is 0.240 e. The number of nitrogens with zero attached hydrogens (tertiary/aromatic N) is 1. The van der Waals surface area contributed by atoms with Crippen molar-refractivity contribution in [1.29, 1.82) is 0 Å². The number of para-hydroxylation sites is 2. The fourth-order valence-electron chi connectivity index (χ4n) is 2.52. The fourth-order valence-corrected chi connectivity index (χ4v) is 2.52. The van der Waals surface area contributed by atoms with Gasteiger partial charge in [0.05, 0.1) is 12.8 Å². The van der Waals surface area contributed by atoms with Crippen LogP contribution in [-0.2, 0) is 16.1 Å². The molecule has 0 radical (unpaired) electrons. The van der Waals surface area contributed by atoms with Crippen LogP contribution in [0, 0.1) is 5.41 Å². The third-order valence-corrected chi connectivity index (χ3v) is 4.18. The third-order valence-electron chi connectivity index (χ3n) is 4.18. The largest absolute Gasteiger partial charge is 0.495 e. The lowest BCUT2D eigenvalue weighted by molar-refractivity contribution is -0.134. The van der Waals surface area contributed by atoms with Gasteiger partial charge in [-0.15, -0.1) is 0 Å². The van der Waals surface area contributed by atoms with E-state index in [1.165, 1.54) is 0 Å². The zero-order valence-corrected chi connectivity index (χ0v) is 13.4. The summed E-state index contributed by atoms with van der Waals surface area (Å²) < 4.78 is 5.22. The van der Waals surface area contributed by atoms with E-state index in [1.54, 1.807) is 37.7 Å². The smallest absolute Gasteiger partial charge is 0.240 e. The maximum atomic E-state index is 12.6. The van der Waals surface area contributed by atoms with Crippen LogP contribution in [0.25, 0.3) is 0 Å². The molecular formula is C18H19N3O3. The number of nitrogens with one attached hydrogen (secondary N) is 2. The van der Waals surface area contributed by atoms with Crippen molar-refractivity contribution in [2.75, 3.05) is 12.4 Å². The van der Waals surface area contributed by atoms with Crippen molar-refractivity contribution in [3.8, 4) is 5.75 Å². The first-order valence-corrected chi connectivity index (χ1v) is 7.77. The molecule has 1 saturated carbocycles. The number of pyridine rings is 1. The van der Waals surface area contributed by atoms with Crippen LogP contribution in [0.3, 0.4) is 0 Å². The maximum absolute atomic E-state index is 12.6. The predicted octanol–water partition coefficient (Wildman–Crippen LogP) is 2.13. The van der Waals surface area contributed by atoms with E-state index in [9.17, 15) is 9.59 Å². The molecule has 1 fully saturated rings. The van der Waals surface area contributed by atoms with E-state index in [2.05, 4.69) is 15.6 Å². The summed E-state index contributed by atoms with van der Waals surface area (Å²) in [6.45, 7) is 0.380. The summed E-state index contributed by atoms with van der Waals surface area (Å²) in [5, 5.41) is 5.65. The number of amides is 2. The molecule has 1 aromatic heterocycles. The van der Waals surface area contributed by atoms with Crippen LogP contribution in [0.4, 0.5) is 5.69 Å². The molecular weight excluding hydrogens is 306 g/mol. The van der Waals surface area contributed by atoms with Gasteiger partial charge in [0, 0.05) is 18.9 Å². The Morgan fingerprint density at radius 3 is 2.50 bits per heavy atom. The molecule has 1 aromatic carbocycles. The zero-order chi connectivity index (χ0) is 17.0. The molecule has 0 aliphatic heterocycles. The highest BCUT2D eigenvalue weighted by Crippen LogP contribution is 2.47. The molecule has 2 amide bonds. The Balaban J connectivity index is 1.64. The van der Waals surface area contributed by atoms with E-state index in [0.29, 0.717) is 30.8 Å². The van der Waals surface area contributed by atoms with Gasteiger partial charge in [0.15, 0.2) is 0 Å². The Hall–Kier alpha value is -2.89. The molecule has 6 nitrogen and oxygen atoms in total. The first-order chi connectivity index (χ1) is 11.7. The minimum atomic E-state index is -0.978. The van der Waals surface area contributed by atoms with E-state index in [0.717, 1.165) is 5.56 Å². The minimum Gasteiger partial charge on any atom is -0.495 e. The lowest BCUT2D eigenvalue weighted by Crippen LogP contribution is -2.39. The molecule has 2 aromatic rings. The van der Waals surface area contributed by atoms with Crippen molar-refractivity contribution in [3.05, 3.63) is 54.4 Å². The Morgan fingerprint density at radius 2 is 1.83 bits per heavy atom. The molecule has 0 unspecified atom stereocenters. The lowest BCUT2D eigenvalue weighted by Gasteiger charge is -2.16. The third kappa shape index (κ3) is 3.22. The number of methoxy groups -OCH3 is 1. The van der Waals surface area contributed by atoms with Gasteiger partial charge in [-0.2, -0.15) is 0 Å². The summed E-state index contributed by atoms with van der Waals surface area (Å²) in [4.78, 5) is 29.0. The second-order valence-corrected chi connectivity index (χ2v) is 5.77. The van der Waals surface area contributed by atoms with Crippen LogP contribution < -0.4 is 15.4 Å². The molecule has 3 rings (SSSR count). The Kier molecular flexibility index (Phi) is 4.46. The molecule has 0 atom stereocenters. The highest BCUT2D eigenvalue weighted by molar-refractivity contribution is 6.13. The van der Waals surface area contributed by atoms with Gasteiger partial charge in [0.25, 0.3) is 0 Å². The van der Waals surface area contributed by atoms with E-state index in [4.69, 9.17) is 4.74 Å². The number of carbonyl (C=O) groups excluding carboxylic acids is 2. The van der Waals surface area contributed by atoms with Gasteiger partial charge in [0.2, 0.25) is 11.8 Å². The van der Waals surface area contributed by atoms with E-state index < -0.39 is 5.41 Å². The summed E-state index contributed by atoms with van der Waals surface area (Å²) in [6, 6.07) is 10.8. The summed E-state index contributed by atoms with van der Waals surface area (Å²) in [6.07, 6.45) is 4.44. The van der Waals surface area contributed by atoms with Crippen LogP contribution in [0.2, 0.25) is 0 Å². The van der Waals surface area contributed by atoms with E-state index in [-0.39, 0.29) is 11.8 Å². The van der Waals surface area contributed by atoms with Crippen molar-refractivity contribution >= 4 is 17.5 Å². The molecule has 0 saturated heterocycles. The number of aromatic nitrogens is 1. The monoisotopic (exact) mass is 325 g/mol. The summed E-state index contributed by atoms with van der Waals surface area (Å²) >= 11 is 0. The Morgan fingerprint density at radius 1 is 1.12 bits per heavy atom. The predicted molar refractivity (Wildman–Crippen MR) is 89.4 cm³/mol. The molecule has 0 spiro atoms. The standard InChI is InChI=1S/C18H19N3O3/c1-24-15-5-3-2-4-14(15)21-17(23)18(8-9-18)16(22)20-12-13-6-10-19-11-7-13/h2-7,10-11H,8-9,12H2,1H3,(H,20,22)(H,21,23). The molecule has 6 heteroatoms. The van der Waals surface area contributed by atoms with Gasteiger partial charge in [-0.3, -0.25) is 14.6 Å². The van der Waals surface area contributed by atoms with Crippen LogP contribution in [0.15, 0.2) is 48.8 Å². The molecule has 1 aliphatic carbocycles. The van der Waals surface area contributed by atoms with Crippen molar-refractivity contribution in [2.45, 2.75) is 19.4 Å². The molecule has 1 heterocycles. The van der Waals surface area contributed by atoms with Gasteiger partial charge in [-0.25, -0.2) is 0 Å². The Labute approximate surface area is 140 Å². The number of rotatable bonds is 6. The molecule has 0 bridgehead atoms. The van der Waals surface area contributed by atoms with Crippen LogP contribution in [0.1, 0.15) is 18.4 Å². The van der Waals surface area contributed by atoms with Gasteiger partial charge < -0.3 is 15.4 Å². The minimum absolute atomic E-state index is 0.244. The van der Waals surface area contributed by atoms with Crippen molar-refractivity contribution < 1.29 is 14.3 Å². The summed E-state index contributed by atoms with van der Waals surface area (Å²) in [7, 11) is 1.54. The average Bonchev–Trinajstić information content (AvgIpc) is 3.43. The molecule has 1 aliphatic rings. The van der Waals surface area contributed by atoms with Crippen molar-refractivity contribution in [1.82, 2.24) is 10.3 Å². The van der Waals surface area contributed by atoms with E-state index in [1.807, 2.05) is 18.2 Å². The van der Waals surface area contributed by atoms with Crippen molar-refractivity contribution in [2.24, 2.45) is 5.41 Å². The number of hydrogen-bond acceptors (Lipinski definition) is 4. The number of carbonyl (C=O) groups is 2. The highest BCUT2D eigenvalue weighted by Gasteiger charge is 2.56. The summed E-state index contributed by atoms with van der Waals surface area (Å²) in [5.41, 5.74) is 0.533. The molecule has 124 valence electrons. The first kappa shape index (κ1) is 16.0. The topological polar surface area (TPSA) is 80.3 Å².